The highest BCUT2D eigenvalue weighted by atomic mass is 14.9. The molecule has 1 N–H and O–H groups in total. The van der Waals surface area contributed by atoms with E-state index in [-0.39, 0.29) is 6.04 Å². The average molecular weight is 250 g/mol. The zero-order valence-corrected chi connectivity index (χ0v) is 11.4. The third-order valence-electron chi connectivity index (χ3n) is 3.30. The molecule has 0 aliphatic carbocycles. The van der Waals surface area contributed by atoms with E-state index in [2.05, 4.69) is 30.4 Å². The second-order valence-electron chi connectivity index (χ2n) is 4.62. The molecule has 1 atom stereocenters. The number of aryl methyl sites for hydroxylation is 2. The van der Waals surface area contributed by atoms with Crippen molar-refractivity contribution in [2.45, 2.75) is 26.3 Å². The van der Waals surface area contributed by atoms with Gasteiger partial charge in [0.15, 0.2) is 0 Å². The summed E-state index contributed by atoms with van der Waals surface area (Å²) in [6, 6.07) is 18.2. The summed E-state index contributed by atoms with van der Waals surface area (Å²) in [6.45, 7) is 4.17. The Morgan fingerprint density at radius 3 is 2.37 bits per heavy atom. The van der Waals surface area contributed by atoms with Crippen molar-refractivity contribution in [3.8, 4) is 6.07 Å². The zero-order valence-electron chi connectivity index (χ0n) is 11.4. The number of anilines is 1. The van der Waals surface area contributed by atoms with Gasteiger partial charge in [-0.15, -0.1) is 0 Å². The number of hydrogen-bond donors (Lipinski definition) is 1. The largest absolute Gasteiger partial charge is 0.366 e. The first-order valence-electron chi connectivity index (χ1n) is 6.55. The van der Waals surface area contributed by atoms with Crippen LogP contribution in [0.2, 0.25) is 0 Å². The third kappa shape index (κ3) is 3.14. The van der Waals surface area contributed by atoms with E-state index in [0.29, 0.717) is 0 Å². The van der Waals surface area contributed by atoms with Gasteiger partial charge in [-0.05, 0) is 36.1 Å². The van der Waals surface area contributed by atoms with Crippen LogP contribution in [0.5, 0.6) is 0 Å². The normalized spacial score (nSPS) is 11.6. The number of nitriles is 1. The summed E-state index contributed by atoms with van der Waals surface area (Å²) in [5.74, 6) is 0. The van der Waals surface area contributed by atoms with E-state index >= 15 is 0 Å². The van der Waals surface area contributed by atoms with Crippen LogP contribution in [0.15, 0.2) is 48.5 Å². The summed E-state index contributed by atoms with van der Waals surface area (Å²) < 4.78 is 0. The lowest BCUT2D eigenvalue weighted by Gasteiger charge is -2.15. The number of nitrogens with zero attached hydrogens (tertiary/aromatic N) is 1. The summed E-state index contributed by atoms with van der Waals surface area (Å²) in [5.41, 5.74) is 4.45. The molecule has 2 aromatic carbocycles. The van der Waals surface area contributed by atoms with Gasteiger partial charge in [0.1, 0.15) is 6.04 Å². The molecule has 2 rings (SSSR count). The number of hydrogen-bond acceptors (Lipinski definition) is 2. The maximum Gasteiger partial charge on any atom is 0.140 e. The maximum atomic E-state index is 9.35. The number of rotatable bonds is 4. The van der Waals surface area contributed by atoms with Gasteiger partial charge in [-0.2, -0.15) is 5.26 Å². The molecule has 0 saturated heterocycles. The van der Waals surface area contributed by atoms with Gasteiger partial charge in [-0.3, -0.25) is 0 Å². The molecule has 0 saturated carbocycles. The molecule has 0 amide bonds. The summed E-state index contributed by atoms with van der Waals surface area (Å²) in [4.78, 5) is 0. The second-order valence-corrected chi connectivity index (χ2v) is 4.62. The molecule has 0 heterocycles. The topological polar surface area (TPSA) is 35.8 Å². The Bertz CT molecular complexity index is 579. The van der Waals surface area contributed by atoms with Crippen LogP contribution in [0, 0.1) is 18.3 Å². The fourth-order valence-electron chi connectivity index (χ4n) is 2.03. The lowest BCUT2D eigenvalue weighted by Crippen LogP contribution is -2.09. The Morgan fingerprint density at radius 1 is 1.11 bits per heavy atom. The number of para-hydroxylation sites is 1. The molecule has 0 bridgehead atoms. The summed E-state index contributed by atoms with van der Waals surface area (Å²) in [5, 5.41) is 12.6. The van der Waals surface area contributed by atoms with Crippen molar-refractivity contribution in [1.29, 1.82) is 5.26 Å². The minimum Gasteiger partial charge on any atom is -0.366 e. The highest BCUT2D eigenvalue weighted by Crippen LogP contribution is 2.22. The minimum absolute atomic E-state index is 0.313. The van der Waals surface area contributed by atoms with Crippen LogP contribution in [-0.2, 0) is 6.42 Å². The van der Waals surface area contributed by atoms with Gasteiger partial charge in [0.2, 0.25) is 0 Å². The summed E-state index contributed by atoms with van der Waals surface area (Å²) >= 11 is 0. The van der Waals surface area contributed by atoms with Crippen molar-refractivity contribution >= 4 is 5.69 Å². The molecule has 0 spiro atoms. The van der Waals surface area contributed by atoms with E-state index in [0.717, 1.165) is 23.2 Å². The first kappa shape index (κ1) is 13.2. The van der Waals surface area contributed by atoms with E-state index in [1.165, 1.54) is 5.56 Å². The molecular formula is C17H18N2. The Balaban J connectivity index is 2.21. The van der Waals surface area contributed by atoms with Gasteiger partial charge < -0.3 is 5.32 Å². The van der Waals surface area contributed by atoms with Crippen LogP contribution in [-0.4, -0.2) is 0 Å². The molecule has 96 valence electrons. The smallest absolute Gasteiger partial charge is 0.140 e. The Hall–Kier alpha value is -2.27. The molecule has 1 unspecified atom stereocenters. The quantitative estimate of drug-likeness (QED) is 0.881. The molecule has 0 fully saturated rings. The molecule has 0 radical (unpaired) electrons. The predicted octanol–water partition coefficient (Wildman–Crippen LogP) is 4.23. The molecule has 19 heavy (non-hydrogen) atoms. The predicted molar refractivity (Wildman–Crippen MR) is 79.0 cm³/mol. The van der Waals surface area contributed by atoms with Gasteiger partial charge in [0.05, 0.1) is 6.07 Å². The Labute approximate surface area is 114 Å². The van der Waals surface area contributed by atoms with Crippen molar-refractivity contribution < 1.29 is 0 Å². The third-order valence-corrected chi connectivity index (χ3v) is 3.30. The first-order chi connectivity index (χ1) is 9.24. The zero-order chi connectivity index (χ0) is 13.7. The fourth-order valence-corrected chi connectivity index (χ4v) is 2.03. The number of benzene rings is 2. The summed E-state index contributed by atoms with van der Waals surface area (Å²) in [6.07, 6.45) is 1.02. The van der Waals surface area contributed by atoms with E-state index in [4.69, 9.17) is 0 Å². The van der Waals surface area contributed by atoms with Crippen molar-refractivity contribution in [3.63, 3.8) is 0 Å². The van der Waals surface area contributed by atoms with Crippen LogP contribution in [0.25, 0.3) is 0 Å². The molecule has 0 aromatic heterocycles. The summed E-state index contributed by atoms with van der Waals surface area (Å²) in [7, 11) is 0. The molecule has 0 aliphatic rings. The second kappa shape index (κ2) is 6.06. The molecule has 2 heteroatoms. The van der Waals surface area contributed by atoms with Crippen LogP contribution in [0.1, 0.15) is 29.7 Å². The van der Waals surface area contributed by atoms with Crippen molar-refractivity contribution in [1.82, 2.24) is 0 Å². The van der Waals surface area contributed by atoms with E-state index in [9.17, 15) is 5.26 Å². The van der Waals surface area contributed by atoms with Crippen LogP contribution in [0.3, 0.4) is 0 Å². The molecule has 2 nitrogen and oxygen atoms in total. The average Bonchev–Trinajstić information content (AvgIpc) is 2.47. The van der Waals surface area contributed by atoms with Gasteiger partial charge in [0, 0.05) is 5.69 Å². The van der Waals surface area contributed by atoms with Crippen LogP contribution >= 0.6 is 0 Å². The minimum atomic E-state index is -0.313. The molecule has 2 aromatic rings. The van der Waals surface area contributed by atoms with Gasteiger partial charge in [-0.25, -0.2) is 0 Å². The van der Waals surface area contributed by atoms with Gasteiger partial charge >= 0.3 is 0 Å². The van der Waals surface area contributed by atoms with Crippen molar-refractivity contribution in [2.75, 3.05) is 5.32 Å². The van der Waals surface area contributed by atoms with E-state index < -0.39 is 0 Å². The molecular weight excluding hydrogens is 232 g/mol. The SMILES string of the molecule is CCc1ccc(C(C#N)Nc2ccccc2C)cc1. The van der Waals surface area contributed by atoms with E-state index in [1.807, 2.05) is 43.3 Å². The highest BCUT2D eigenvalue weighted by Gasteiger charge is 2.10. The molecule has 0 aliphatic heterocycles. The fraction of sp³-hybridized carbons (Fsp3) is 0.235. The van der Waals surface area contributed by atoms with Gasteiger partial charge in [0.25, 0.3) is 0 Å². The lowest BCUT2D eigenvalue weighted by atomic mass is 10.0. The van der Waals surface area contributed by atoms with E-state index in [1.54, 1.807) is 0 Å². The first-order valence-corrected chi connectivity index (χ1v) is 6.55. The highest BCUT2D eigenvalue weighted by molar-refractivity contribution is 5.53. The van der Waals surface area contributed by atoms with Gasteiger partial charge in [-0.1, -0.05) is 49.4 Å². The standard InChI is InChI=1S/C17H18N2/c1-3-14-8-10-15(11-9-14)17(12-18)19-16-7-5-4-6-13(16)2/h4-11,17,19H,3H2,1-2H3. The lowest BCUT2D eigenvalue weighted by molar-refractivity contribution is 0.988. The van der Waals surface area contributed by atoms with Crippen LogP contribution < -0.4 is 5.32 Å². The number of nitrogens with one attached hydrogen (secondary N) is 1. The van der Waals surface area contributed by atoms with Crippen molar-refractivity contribution in [2.24, 2.45) is 0 Å². The van der Waals surface area contributed by atoms with Crippen molar-refractivity contribution in [3.05, 3.63) is 65.2 Å². The Morgan fingerprint density at radius 2 is 1.79 bits per heavy atom. The van der Waals surface area contributed by atoms with Crippen LogP contribution in [0.4, 0.5) is 5.69 Å². The monoisotopic (exact) mass is 250 g/mol. The maximum absolute atomic E-state index is 9.35. The Kier molecular flexibility index (Phi) is 4.20.